The van der Waals surface area contributed by atoms with Crippen LogP contribution in [0.3, 0.4) is 0 Å². The number of hydrogen-bond acceptors (Lipinski definition) is 7. The summed E-state index contributed by atoms with van der Waals surface area (Å²) in [6.45, 7) is 4.38. The summed E-state index contributed by atoms with van der Waals surface area (Å²) < 4.78 is 6.09. The highest BCUT2D eigenvalue weighted by Gasteiger charge is 2.16. The molecular weight excluding hydrogens is 356 g/mol. The van der Waals surface area contributed by atoms with Crippen LogP contribution in [0.1, 0.15) is 30.8 Å². The fraction of sp³-hybridized carbons (Fsp3) is 0.294. The molecule has 0 saturated carbocycles. The standard InChI is InChI=1S/C17H18N4O2S2/c1-11(2)8-9-24-17-20-19-16(25-17)18-15(22)13-10-14(23-21-13)12-6-4-3-5-7-12/h3-7,10-11H,8-9H2,1-2H3,(H,18,19,22). The molecule has 0 spiro atoms. The SMILES string of the molecule is CC(C)CCSc1nnc(NC(=O)c2cc(-c3ccccc3)on2)s1. The molecule has 0 bridgehead atoms. The Hall–Kier alpha value is -2.19. The molecule has 1 aromatic carbocycles. The van der Waals surface area contributed by atoms with Crippen LogP contribution in [-0.2, 0) is 0 Å². The van der Waals surface area contributed by atoms with Gasteiger partial charge in [-0.1, -0.05) is 72.4 Å². The third-order valence-corrected chi connectivity index (χ3v) is 5.35. The molecule has 3 aromatic rings. The highest BCUT2D eigenvalue weighted by Crippen LogP contribution is 2.27. The lowest BCUT2D eigenvalue weighted by molar-refractivity contribution is 0.101. The summed E-state index contributed by atoms with van der Waals surface area (Å²) in [5.74, 6) is 1.84. The molecule has 25 heavy (non-hydrogen) atoms. The summed E-state index contributed by atoms with van der Waals surface area (Å²) in [6, 6.07) is 11.1. The van der Waals surface area contributed by atoms with Gasteiger partial charge in [-0.05, 0) is 12.3 Å². The minimum Gasteiger partial charge on any atom is -0.355 e. The van der Waals surface area contributed by atoms with E-state index in [9.17, 15) is 4.79 Å². The summed E-state index contributed by atoms with van der Waals surface area (Å²) in [5.41, 5.74) is 1.08. The minimum absolute atomic E-state index is 0.211. The Morgan fingerprint density at radius 1 is 1.28 bits per heavy atom. The molecule has 0 unspecified atom stereocenters. The van der Waals surface area contributed by atoms with Gasteiger partial charge in [-0.3, -0.25) is 10.1 Å². The van der Waals surface area contributed by atoms with E-state index >= 15 is 0 Å². The van der Waals surface area contributed by atoms with Crippen molar-refractivity contribution in [2.45, 2.75) is 24.6 Å². The molecule has 3 rings (SSSR count). The van der Waals surface area contributed by atoms with Gasteiger partial charge >= 0.3 is 0 Å². The number of carbonyl (C=O) groups is 1. The Kier molecular flexibility index (Phi) is 5.83. The van der Waals surface area contributed by atoms with Gasteiger partial charge in [0.1, 0.15) is 0 Å². The molecule has 0 fully saturated rings. The number of carbonyl (C=O) groups excluding carboxylic acids is 1. The maximum absolute atomic E-state index is 12.3. The summed E-state index contributed by atoms with van der Waals surface area (Å²) in [6.07, 6.45) is 1.12. The number of amides is 1. The predicted octanol–water partition coefficient (Wildman–Crippen LogP) is 4.58. The van der Waals surface area contributed by atoms with Gasteiger partial charge in [0.2, 0.25) is 5.13 Å². The van der Waals surface area contributed by atoms with Crippen LogP contribution >= 0.6 is 23.1 Å². The Morgan fingerprint density at radius 3 is 2.84 bits per heavy atom. The Labute approximate surface area is 154 Å². The van der Waals surface area contributed by atoms with Crippen LogP contribution in [0, 0.1) is 5.92 Å². The van der Waals surface area contributed by atoms with E-state index in [1.807, 2.05) is 30.3 Å². The zero-order valence-corrected chi connectivity index (χ0v) is 15.6. The van der Waals surface area contributed by atoms with Crippen molar-refractivity contribution in [1.29, 1.82) is 0 Å². The lowest BCUT2D eigenvalue weighted by Gasteiger charge is -2.00. The van der Waals surface area contributed by atoms with Crippen molar-refractivity contribution in [3.63, 3.8) is 0 Å². The summed E-state index contributed by atoms with van der Waals surface area (Å²) in [7, 11) is 0. The number of nitrogens with one attached hydrogen (secondary N) is 1. The quantitative estimate of drug-likeness (QED) is 0.481. The van der Waals surface area contributed by atoms with Gasteiger partial charge in [0.15, 0.2) is 15.8 Å². The Balaban J connectivity index is 1.59. The second-order valence-corrected chi connectivity index (χ2v) is 8.12. The van der Waals surface area contributed by atoms with Crippen LogP contribution in [0.25, 0.3) is 11.3 Å². The van der Waals surface area contributed by atoms with E-state index in [2.05, 4.69) is 34.5 Å². The van der Waals surface area contributed by atoms with E-state index in [0.717, 1.165) is 22.1 Å². The molecular formula is C17H18N4O2S2. The zero-order valence-electron chi connectivity index (χ0n) is 13.9. The lowest BCUT2D eigenvalue weighted by atomic mass is 10.1. The van der Waals surface area contributed by atoms with Crippen LogP contribution in [0.2, 0.25) is 0 Å². The molecule has 0 aliphatic carbocycles. The molecule has 130 valence electrons. The molecule has 1 amide bonds. The molecule has 0 atom stereocenters. The second-order valence-electron chi connectivity index (χ2n) is 5.80. The predicted molar refractivity (Wildman–Crippen MR) is 100.0 cm³/mol. The number of nitrogens with zero attached hydrogens (tertiary/aromatic N) is 3. The van der Waals surface area contributed by atoms with Gasteiger partial charge in [0.05, 0.1) is 0 Å². The van der Waals surface area contributed by atoms with Gasteiger partial charge in [0.25, 0.3) is 5.91 Å². The lowest BCUT2D eigenvalue weighted by Crippen LogP contribution is -2.11. The van der Waals surface area contributed by atoms with Crippen LogP contribution in [0.15, 0.2) is 45.3 Å². The van der Waals surface area contributed by atoms with Crippen molar-refractivity contribution < 1.29 is 9.32 Å². The van der Waals surface area contributed by atoms with E-state index in [1.54, 1.807) is 17.8 Å². The van der Waals surface area contributed by atoms with Crippen molar-refractivity contribution in [2.75, 3.05) is 11.1 Å². The molecule has 8 heteroatoms. The van der Waals surface area contributed by atoms with Crippen molar-refractivity contribution in [1.82, 2.24) is 15.4 Å². The van der Waals surface area contributed by atoms with E-state index in [0.29, 0.717) is 16.8 Å². The van der Waals surface area contributed by atoms with Crippen molar-refractivity contribution in [2.24, 2.45) is 5.92 Å². The fourth-order valence-corrected chi connectivity index (χ4v) is 4.04. The highest BCUT2D eigenvalue weighted by atomic mass is 32.2. The number of anilines is 1. The number of hydrogen-bond donors (Lipinski definition) is 1. The topological polar surface area (TPSA) is 80.9 Å². The molecule has 0 aliphatic heterocycles. The summed E-state index contributed by atoms with van der Waals surface area (Å²) in [5, 5.41) is 15.1. The molecule has 6 nitrogen and oxygen atoms in total. The molecule has 2 aromatic heterocycles. The average molecular weight is 374 g/mol. The monoisotopic (exact) mass is 374 g/mol. The van der Waals surface area contributed by atoms with Crippen LogP contribution < -0.4 is 5.32 Å². The minimum atomic E-state index is -0.360. The van der Waals surface area contributed by atoms with Crippen molar-refractivity contribution in [3.8, 4) is 11.3 Å². The average Bonchev–Trinajstić information content (AvgIpc) is 3.25. The zero-order chi connectivity index (χ0) is 17.6. The molecule has 1 N–H and O–H groups in total. The Bertz CT molecular complexity index is 830. The first kappa shape index (κ1) is 17.6. The maximum Gasteiger partial charge on any atom is 0.279 e. The highest BCUT2D eigenvalue weighted by molar-refractivity contribution is 8.01. The first-order valence-electron chi connectivity index (χ1n) is 7.91. The molecule has 2 heterocycles. The third kappa shape index (κ3) is 4.90. The summed E-state index contributed by atoms with van der Waals surface area (Å²) >= 11 is 3.01. The normalized spacial score (nSPS) is 11.0. The smallest absolute Gasteiger partial charge is 0.279 e. The molecule has 0 saturated heterocycles. The van der Waals surface area contributed by atoms with Crippen LogP contribution in [0.4, 0.5) is 5.13 Å². The van der Waals surface area contributed by atoms with E-state index < -0.39 is 0 Å². The number of aromatic nitrogens is 3. The largest absolute Gasteiger partial charge is 0.355 e. The van der Waals surface area contributed by atoms with Crippen LogP contribution in [-0.4, -0.2) is 27.0 Å². The molecule has 0 aliphatic rings. The van der Waals surface area contributed by atoms with Crippen molar-refractivity contribution >= 4 is 34.1 Å². The van der Waals surface area contributed by atoms with Gasteiger partial charge in [-0.25, -0.2) is 0 Å². The van der Waals surface area contributed by atoms with E-state index in [4.69, 9.17) is 4.52 Å². The third-order valence-electron chi connectivity index (χ3n) is 3.35. The molecule has 0 radical (unpaired) electrons. The first-order chi connectivity index (χ1) is 12.1. The number of thioether (sulfide) groups is 1. The number of rotatable bonds is 7. The summed E-state index contributed by atoms with van der Waals surface area (Å²) in [4.78, 5) is 12.3. The number of benzene rings is 1. The fourth-order valence-electron chi connectivity index (χ4n) is 1.98. The second kappa shape index (κ2) is 8.26. The van der Waals surface area contributed by atoms with Gasteiger partial charge in [-0.15, -0.1) is 10.2 Å². The van der Waals surface area contributed by atoms with Crippen molar-refractivity contribution in [3.05, 3.63) is 42.1 Å². The first-order valence-corrected chi connectivity index (χ1v) is 9.72. The van der Waals surface area contributed by atoms with Crippen LogP contribution in [0.5, 0.6) is 0 Å². The Morgan fingerprint density at radius 2 is 2.08 bits per heavy atom. The van der Waals surface area contributed by atoms with E-state index in [-0.39, 0.29) is 11.6 Å². The van der Waals surface area contributed by atoms with Gasteiger partial charge in [0, 0.05) is 17.4 Å². The van der Waals surface area contributed by atoms with Gasteiger partial charge < -0.3 is 4.52 Å². The maximum atomic E-state index is 12.3. The van der Waals surface area contributed by atoms with Gasteiger partial charge in [-0.2, -0.15) is 0 Å². The van der Waals surface area contributed by atoms with E-state index in [1.165, 1.54) is 11.3 Å².